The molecule has 3 aromatic rings. The molecule has 0 saturated heterocycles. The lowest BCUT2D eigenvalue weighted by molar-refractivity contribution is 0.310. The number of aromatic nitrogens is 3. The summed E-state index contributed by atoms with van der Waals surface area (Å²) in [6.07, 6.45) is 8.61. The Bertz CT molecular complexity index is 852. The smallest absolute Gasteiger partial charge is 0.159 e. The quantitative estimate of drug-likeness (QED) is 0.663. The van der Waals surface area contributed by atoms with Gasteiger partial charge in [-0.3, -0.25) is 4.98 Å². The van der Waals surface area contributed by atoms with E-state index in [1.807, 2.05) is 43.0 Å². The van der Waals surface area contributed by atoms with Gasteiger partial charge in [-0.15, -0.1) is 0 Å². The van der Waals surface area contributed by atoms with Gasteiger partial charge in [-0.1, -0.05) is 50.6 Å². The van der Waals surface area contributed by atoms with Gasteiger partial charge in [-0.25, -0.2) is 9.97 Å². The summed E-state index contributed by atoms with van der Waals surface area (Å²) in [6, 6.07) is 12.6. The van der Waals surface area contributed by atoms with E-state index in [-0.39, 0.29) is 11.5 Å². The molecule has 0 aliphatic rings. The van der Waals surface area contributed by atoms with Crippen LogP contribution in [0.2, 0.25) is 0 Å². The maximum atomic E-state index is 4.55. The van der Waals surface area contributed by atoms with E-state index in [9.17, 15) is 0 Å². The number of pyridine rings is 1. The Hall–Kier alpha value is -2.59. The zero-order valence-electron chi connectivity index (χ0n) is 16.6. The van der Waals surface area contributed by atoms with E-state index < -0.39 is 0 Å². The van der Waals surface area contributed by atoms with Crippen LogP contribution in [0, 0.1) is 12.3 Å². The second kappa shape index (κ2) is 8.40. The molecule has 140 valence electrons. The van der Waals surface area contributed by atoms with Crippen LogP contribution in [0.25, 0.3) is 11.4 Å². The summed E-state index contributed by atoms with van der Waals surface area (Å²) in [5, 5.41) is 3.66. The summed E-state index contributed by atoms with van der Waals surface area (Å²) >= 11 is 0. The standard InChI is InChI=1S/C23H28N4/c1-17-7-5-8-19(11-17)22-26-14-18(15-27-22)13-25-21(12-23(2,3)4)20-9-6-10-24-16-20/h5-11,14-16,21,25H,12-13H2,1-4H3/t21-/m1/s1. The van der Waals surface area contributed by atoms with E-state index in [4.69, 9.17) is 0 Å². The first kappa shape index (κ1) is 19.2. The molecule has 1 atom stereocenters. The molecule has 0 spiro atoms. The Morgan fingerprint density at radius 3 is 2.41 bits per heavy atom. The number of nitrogens with zero attached hydrogens (tertiary/aromatic N) is 3. The molecule has 0 saturated carbocycles. The van der Waals surface area contributed by atoms with Gasteiger partial charge in [0.1, 0.15) is 0 Å². The third-order valence-corrected chi connectivity index (χ3v) is 4.44. The normalized spacial score (nSPS) is 12.7. The van der Waals surface area contributed by atoms with Crippen LogP contribution >= 0.6 is 0 Å². The summed E-state index contributed by atoms with van der Waals surface area (Å²) in [5.74, 6) is 0.765. The Balaban J connectivity index is 1.70. The number of rotatable bonds is 6. The van der Waals surface area contributed by atoms with Crippen molar-refractivity contribution in [1.29, 1.82) is 0 Å². The molecule has 0 aliphatic heterocycles. The fourth-order valence-corrected chi connectivity index (χ4v) is 3.12. The Morgan fingerprint density at radius 2 is 1.78 bits per heavy atom. The van der Waals surface area contributed by atoms with E-state index in [2.05, 4.69) is 66.2 Å². The minimum Gasteiger partial charge on any atom is -0.306 e. The summed E-state index contributed by atoms with van der Waals surface area (Å²) in [6.45, 7) is 9.59. The second-order valence-electron chi connectivity index (χ2n) is 8.27. The number of hydrogen-bond acceptors (Lipinski definition) is 4. The molecule has 1 N–H and O–H groups in total. The van der Waals surface area contributed by atoms with Crippen molar-refractivity contribution in [3.05, 3.63) is 77.9 Å². The third-order valence-electron chi connectivity index (χ3n) is 4.44. The predicted octanol–water partition coefficient (Wildman–Crippen LogP) is 5.11. The van der Waals surface area contributed by atoms with E-state index in [0.29, 0.717) is 0 Å². The number of benzene rings is 1. The van der Waals surface area contributed by atoms with Crippen molar-refractivity contribution < 1.29 is 0 Å². The lowest BCUT2D eigenvalue weighted by Gasteiger charge is -2.27. The van der Waals surface area contributed by atoms with E-state index in [1.165, 1.54) is 11.1 Å². The third kappa shape index (κ3) is 5.69. The molecule has 0 bridgehead atoms. The van der Waals surface area contributed by atoms with Gasteiger partial charge in [0.15, 0.2) is 5.82 Å². The highest BCUT2D eigenvalue weighted by Gasteiger charge is 2.20. The molecule has 2 aromatic heterocycles. The van der Waals surface area contributed by atoms with Gasteiger partial charge in [0.25, 0.3) is 0 Å². The van der Waals surface area contributed by atoms with Gasteiger partial charge < -0.3 is 5.32 Å². The van der Waals surface area contributed by atoms with Gasteiger partial charge in [-0.2, -0.15) is 0 Å². The van der Waals surface area contributed by atoms with Crippen LogP contribution < -0.4 is 5.32 Å². The van der Waals surface area contributed by atoms with Crippen LogP contribution in [0.3, 0.4) is 0 Å². The van der Waals surface area contributed by atoms with E-state index in [1.54, 1.807) is 0 Å². The Labute approximate surface area is 162 Å². The van der Waals surface area contributed by atoms with Gasteiger partial charge in [0.05, 0.1) is 0 Å². The van der Waals surface area contributed by atoms with Crippen molar-refractivity contribution in [2.45, 2.75) is 46.7 Å². The molecular formula is C23H28N4. The highest BCUT2D eigenvalue weighted by molar-refractivity contribution is 5.55. The highest BCUT2D eigenvalue weighted by atomic mass is 14.9. The van der Waals surface area contributed by atoms with Crippen molar-refractivity contribution >= 4 is 0 Å². The van der Waals surface area contributed by atoms with Crippen molar-refractivity contribution in [3.63, 3.8) is 0 Å². The topological polar surface area (TPSA) is 50.7 Å². The number of aryl methyl sites for hydroxylation is 1. The van der Waals surface area contributed by atoms with Crippen LogP contribution in [0.4, 0.5) is 0 Å². The van der Waals surface area contributed by atoms with Crippen LogP contribution in [-0.4, -0.2) is 15.0 Å². The first-order chi connectivity index (χ1) is 12.9. The summed E-state index contributed by atoms with van der Waals surface area (Å²) in [5.41, 5.74) is 4.77. The molecule has 0 aliphatic carbocycles. The molecule has 3 rings (SSSR count). The summed E-state index contributed by atoms with van der Waals surface area (Å²) < 4.78 is 0. The van der Waals surface area contributed by atoms with Crippen molar-refractivity contribution in [2.75, 3.05) is 0 Å². The average Bonchev–Trinajstić information content (AvgIpc) is 2.65. The fraction of sp³-hybridized carbons (Fsp3) is 0.348. The number of hydrogen-bond donors (Lipinski definition) is 1. The van der Waals surface area contributed by atoms with E-state index in [0.717, 1.165) is 29.9 Å². The molecular weight excluding hydrogens is 332 g/mol. The largest absolute Gasteiger partial charge is 0.306 e. The van der Waals surface area contributed by atoms with Gasteiger partial charge in [0, 0.05) is 48.5 Å². The van der Waals surface area contributed by atoms with Crippen LogP contribution in [-0.2, 0) is 6.54 Å². The Kier molecular flexibility index (Phi) is 5.97. The molecule has 2 heterocycles. The first-order valence-corrected chi connectivity index (χ1v) is 9.42. The lowest BCUT2D eigenvalue weighted by Crippen LogP contribution is -2.25. The minimum atomic E-state index is 0.221. The van der Waals surface area contributed by atoms with Gasteiger partial charge >= 0.3 is 0 Å². The van der Waals surface area contributed by atoms with Crippen LogP contribution in [0.5, 0.6) is 0 Å². The molecule has 1 aromatic carbocycles. The predicted molar refractivity (Wildman–Crippen MR) is 110 cm³/mol. The molecule has 4 heteroatoms. The average molecular weight is 361 g/mol. The van der Waals surface area contributed by atoms with Gasteiger partial charge in [-0.05, 0) is 36.5 Å². The maximum absolute atomic E-state index is 4.55. The van der Waals surface area contributed by atoms with Crippen LogP contribution in [0.1, 0.15) is 49.9 Å². The molecule has 0 unspecified atom stereocenters. The van der Waals surface area contributed by atoms with Crippen molar-refractivity contribution in [3.8, 4) is 11.4 Å². The van der Waals surface area contributed by atoms with Gasteiger partial charge in [0.2, 0.25) is 0 Å². The van der Waals surface area contributed by atoms with Crippen LogP contribution in [0.15, 0.2) is 61.2 Å². The fourth-order valence-electron chi connectivity index (χ4n) is 3.12. The monoisotopic (exact) mass is 360 g/mol. The molecule has 0 radical (unpaired) electrons. The SMILES string of the molecule is Cc1cccc(-c2ncc(CN[C@H](CC(C)(C)C)c3cccnc3)cn2)c1. The molecule has 0 fully saturated rings. The number of nitrogens with one attached hydrogen (secondary N) is 1. The van der Waals surface area contributed by atoms with Crippen molar-refractivity contribution in [2.24, 2.45) is 5.41 Å². The summed E-state index contributed by atoms with van der Waals surface area (Å²) in [4.78, 5) is 13.4. The first-order valence-electron chi connectivity index (χ1n) is 9.42. The molecule has 4 nitrogen and oxygen atoms in total. The van der Waals surface area contributed by atoms with Crippen molar-refractivity contribution in [1.82, 2.24) is 20.3 Å². The maximum Gasteiger partial charge on any atom is 0.159 e. The highest BCUT2D eigenvalue weighted by Crippen LogP contribution is 2.29. The zero-order valence-corrected chi connectivity index (χ0v) is 16.6. The summed E-state index contributed by atoms with van der Waals surface area (Å²) in [7, 11) is 0. The lowest BCUT2D eigenvalue weighted by atomic mass is 9.86. The second-order valence-corrected chi connectivity index (χ2v) is 8.27. The minimum absolute atomic E-state index is 0.221. The molecule has 27 heavy (non-hydrogen) atoms. The molecule has 0 amide bonds. The zero-order chi connectivity index (χ0) is 19.3. The van der Waals surface area contributed by atoms with E-state index >= 15 is 0 Å². The Morgan fingerprint density at radius 1 is 1.00 bits per heavy atom.